The Bertz CT molecular complexity index is 695. The summed E-state index contributed by atoms with van der Waals surface area (Å²) >= 11 is 0. The Morgan fingerprint density at radius 1 is 0.522 bits per heavy atom. The van der Waals surface area contributed by atoms with E-state index < -0.39 is 30.6 Å². The van der Waals surface area contributed by atoms with Gasteiger partial charge in [-0.2, -0.15) is 0 Å². The summed E-state index contributed by atoms with van der Waals surface area (Å²) in [6, 6.07) is 0. The molecule has 0 amide bonds. The van der Waals surface area contributed by atoms with Crippen LogP contribution in [0.25, 0.3) is 0 Å². The van der Waals surface area contributed by atoms with Crippen molar-refractivity contribution >= 4 is 11.9 Å². The van der Waals surface area contributed by atoms with E-state index in [9.17, 15) is 24.9 Å². The summed E-state index contributed by atoms with van der Waals surface area (Å²) in [6.07, 6.45) is 36.8. The number of aliphatic hydroxyl groups excluding tert-OH is 2. The third kappa shape index (κ3) is 28.5. The number of hydrogen-bond donors (Lipinski definition) is 3. The molecule has 7 nitrogen and oxygen atoms in total. The predicted octanol–water partition coefficient (Wildman–Crippen LogP) is 10.1. The van der Waals surface area contributed by atoms with E-state index >= 15 is 0 Å². The van der Waals surface area contributed by atoms with Crippen molar-refractivity contribution in [3.63, 3.8) is 0 Å². The van der Waals surface area contributed by atoms with Crippen LogP contribution in [0, 0.1) is 0 Å². The minimum absolute atomic E-state index is 0.0321. The summed E-state index contributed by atoms with van der Waals surface area (Å²) < 4.78 is 9.91. The fourth-order valence-corrected chi connectivity index (χ4v) is 5.38. The summed E-state index contributed by atoms with van der Waals surface area (Å²) in [5.74, 6) is -4.44. The van der Waals surface area contributed by atoms with Crippen LogP contribution in [-0.2, 0) is 19.1 Å². The molecule has 0 aliphatic rings. The largest absolute Gasteiger partial charge is 0.403 e. The molecule has 0 saturated heterocycles. The van der Waals surface area contributed by atoms with E-state index in [-0.39, 0.29) is 12.8 Å². The van der Waals surface area contributed by atoms with E-state index in [0.717, 1.165) is 64.2 Å². The van der Waals surface area contributed by atoms with Gasteiger partial charge in [-0.15, -0.1) is 0 Å². The van der Waals surface area contributed by atoms with Crippen molar-refractivity contribution in [2.75, 3.05) is 6.61 Å². The molecule has 0 spiro atoms. The number of rotatable bonds is 34. The summed E-state index contributed by atoms with van der Waals surface area (Å²) in [4.78, 5) is 24.6. The first kappa shape index (κ1) is 44.3. The Morgan fingerprint density at radius 2 is 0.804 bits per heavy atom. The van der Waals surface area contributed by atoms with E-state index in [0.29, 0.717) is 12.8 Å². The molecule has 0 heterocycles. The van der Waals surface area contributed by atoms with Crippen molar-refractivity contribution in [2.24, 2.45) is 0 Å². The molecule has 0 saturated carbocycles. The third-order valence-electron chi connectivity index (χ3n) is 8.40. The van der Waals surface area contributed by atoms with Gasteiger partial charge in [0.25, 0.3) is 0 Å². The summed E-state index contributed by atoms with van der Waals surface area (Å²) in [7, 11) is 0. The van der Waals surface area contributed by atoms with E-state index in [4.69, 9.17) is 9.47 Å². The maximum Gasteiger partial charge on any atom is 0.403 e. The van der Waals surface area contributed by atoms with Gasteiger partial charge in [-0.3, -0.25) is 9.59 Å². The highest BCUT2D eigenvalue weighted by Crippen LogP contribution is 2.20. The zero-order chi connectivity index (χ0) is 34.0. The quantitative estimate of drug-likeness (QED) is 0.0274. The maximum atomic E-state index is 12.3. The van der Waals surface area contributed by atoms with Gasteiger partial charge in [0.05, 0.1) is 6.61 Å². The highest BCUT2D eigenvalue weighted by molar-refractivity contribution is 5.71. The van der Waals surface area contributed by atoms with E-state index in [2.05, 4.69) is 38.2 Å². The van der Waals surface area contributed by atoms with Crippen LogP contribution in [-0.4, -0.2) is 45.9 Å². The Hall–Kier alpha value is -1.70. The summed E-state index contributed by atoms with van der Waals surface area (Å²) in [5, 5.41) is 29.9. The molecule has 0 aliphatic carbocycles. The number of carbonyl (C=O) groups excluding carboxylic acids is 2. The molecule has 0 aromatic heterocycles. The van der Waals surface area contributed by atoms with Crippen LogP contribution in [0.5, 0.6) is 0 Å². The van der Waals surface area contributed by atoms with Crippen LogP contribution in [0.15, 0.2) is 24.3 Å². The molecule has 7 heteroatoms. The Balaban J connectivity index is 3.96. The fraction of sp³-hybridized carbons (Fsp3) is 0.846. The lowest BCUT2D eigenvalue weighted by molar-refractivity contribution is -0.364. The van der Waals surface area contributed by atoms with Crippen molar-refractivity contribution in [1.82, 2.24) is 0 Å². The number of carbonyl (C=O) groups is 2. The predicted molar refractivity (Wildman–Crippen MR) is 189 cm³/mol. The molecule has 0 bridgehead atoms. The molecule has 0 aliphatic heterocycles. The Kier molecular flexibility index (Phi) is 32.0. The van der Waals surface area contributed by atoms with E-state index in [1.807, 2.05) is 0 Å². The molecule has 46 heavy (non-hydrogen) atoms. The maximum absolute atomic E-state index is 12.3. The SMILES string of the molecule is CCCCCCCC/C=C\CCCCCCCC(=O)OC(O)(OC(=O)CCCCCCC/C=C\CCCCCCCC)C(O)CO. The van der Waals surface area contributed by atoms with Crippen LogP contribution >= 0.6 is 0 Å². The normalized spacial score (nSPS) is 12.7. The molecule has 1 unspecified atom stereocenters. The fourth-order valence-electron chi connectivity index (χ4n) is 5.38. The topological polar surface area (TPSA) is 113 Å². The monoisotopic (exact) mass is 653 g/mol. The highest BCUT2D eigenvalue weighted by atomic mass is 16.8. The molecule has 0 radical (unpaired) electrons. The minimum atomic E-state index is -2.88. The molecule has 1 atom stereocenters. The van der Waals surface area contributed by atoms with Crippen LogP contribution in [0.1, 0.15) is 194 Å². The molecule has 0 fully saturated rings. The smallest absolute Gasteiger partial charge is 0.396 e. The molecular weight excluding hydrogens is 580 g/mol. The lowest BCUT2D eigenvalue weighted by atomic mass is 10.1. The Morgan fingerprint density at radius 3 is 1.11 bits per heavy atom. The second kappa shape index (κ2) is 33.2. The number of aliphatic hydroxyl groups is 3. The number of ether oxygens (including phenoxy) is 2. The zero-order valence-electron chi connectivity index (χ0n) is 29.9. The van der Waals surface area contributed by atoms with Gasteiger partial charge < -0.3 is 24.8 Å². The first-order valence-electron chi connectivity index (χ1n) is 19.1. The van der Waals surface area contributed by atoms with Gasteiger partial charge in [0, 0.05) is 12.8 Å². The molecule has 270 valence electrons. The summed E-state index contributed by atoms with van der Waals surface area (Å²) in [5.41, 5.74) is 0. The van der Waals surface area contributed by atoms with Crippen molar-refractivity contribution in [2.45, 2.75) is 206 Å². The van der Waals surface area contributed by atoms with Gasteiger partial charge in [0.1, 0.15) is 0 Å². The number of allylic oxidation sites excluding steroid dienone is 4. The molecular formula is C39H72O7. The minimum Gasteiger partial charge on any atom is -0.396 e. The van der Waals surface area contributed by atoms with Gasteiger partial charge in [0.15, 0.2) is 6.10 Å². The molecule has 0 aromatic carbocycles. The van der Waals surface area contributed by atoms with E-state index in [1.165, 1.54) is 89.9 Å². The first-order valence-corrected chi connectivity index (χ1v) is 19.1. The van der Waals surface area contributed by atoms with Crippen LogP contribution in [0.2, 0.25) is 0 Å². The highest BCUT2D eigenvalue weighted by Gasteiger charge is 2.44. The van der Waals surface area contributed by atoms with Crippen molar-refractivity contribution in [3.8, 4) is 0 Å². The van der Waals surface area contributed by atoms with Crippen LogP contribution < -0.4 is 0 Å². The van der Waals surface area contributed by atoms with Gasteiger partial charge in [-0.05, 0) is 64.2 Å². The number of esters is 2. The van der Waals surface area contributed by atoms with Crippen molar-refractivity contribution < 1.29 is 34.4 Å². The Labute approximate surface area is 282 Å². The van der Waals surface area contributed by atoms with Crippen molar-refractivity contribution in [3.05, 3.63) is 24.3 Å². The van der Waals surface area contributed by atoms with Gasteiger partial charge in [-0.1, -0.05) is 141 Å². The van der Waals surface area contributed by atoms with Gasteiger partial charge >= 0.3 is 17.9 Å². The standard InChI is InChI=1S/C39H72O7/c1-3-5-7-9-11-13-15-17-19-21-23-25-27-29-31-33-37(42)45-39(44,36(41)35-40)46-38(43)34-32-30-28-26-24-22-20-18-16-14-12-10-8-6-4-2/h17-20,36,40-41,44H,3-16,21-35H2,1-2H3/b19-17-,20-18-. The summed E-state index contributed by atoms with van der Waals surface area (Å²) in [6.45, 7) is 3.56. The van der Waals surface area contributed by atoms with Crippen LogP contribution in [0.4, 0.5) is 0 Å². The van der Waals surface area contributed by atoms with Crippen molar-refractivity contribution in [1.29, 1.82) is 0 Å². The zero-order valence-corrected chi connectivity index (χ0v) is 29.9. The number of hydrogen-bond acceptors (Lipinski definition) is 7. The van der Waals surface area contributed by atoms with Gasteiger partial charge in [-0.25, -0.2) is 0 Å². The molecule has 3 N–H and O–H groups in total. The molecule has 0 aromatic rings. The molecule has 0 rings (SSSR count). The average Bonchev–Trinajstić information content (AvgIpc) is 3.04. The first-order chi connectivity index (χ1) is 22.4. The second-order valence-electron chi connectivity index (χ2n) is 12.9. The lowest BCUT2D eigenvalue weighted by Gasteiger charge is -2.30. The number of unbranched alkanes of at least 4 members (excludes halogenated alkanes) is 22. The van der Waals surface area contributed by atoms with Crippen LogP contribution in [0.3, 0.4) is 0 Å². The van der Waals surface area contributed by atoms with E-state index in [1.54, 1.807) is 0 Å². The third-order valence-corrected chi connectivity index (χ3v) is 8.40. The van der Waals surface area contributed by atoms with Gasteiger partial charge in [0.2, 0.25) is 0 Å². The average molecular weight is 653 g/mol. The second-order valence-corrected chi connectivity index (χ2v) is 12.9. The lowest BCUT2D eigenvalue weighted by Crippen LogP contribution is -2.51.